The molecule has 4 N–H and O–H groups in total. The van der Waals surface area contributed by atoms with Crippen LogP contribution in [-0.2, 0) is 30.0 Å². The fraction of sp³-hybridized carbons (Fsp3) is 0.844. The van der Waals surface area contributed by atoms with Crippen molar-refractivity contribution in [3.63, 3.8) is 0 Å². The molecule has 250 valence electrons. The lowest BCUT2D eigenvalue weighted by molar-refractivity contribution is -0.143. The number of hydrogen-bond donors (Lipinski definition) is 4. The number of carbonyl (C=O) groups excluding carboxylic acids is 5. The quantitative estimate of drug-likeness (QED) is 0.215. The Morgan fingerprint density at radius 2 is 1.55 bits per heavy atom. The zero-order valence-corrected chi connectivity index (χ0v) is 28.8. The number of Topliss-reactive ketones (excluding diaryl/α,β-unsaturated/α-hetero) is 1. The summed E-state index contributed by atoms with van der Waals surface area (Å²) in [7, 11) is -1.20. The zero-order valence-electron chi connectivity index (χ0n) is 28.0. The van der Waals surface area contributed by atoms with Gasteiger partial charge in [-0.1, -0.05) is 40.5 Å². The van der Waals surface area contributed by atoms with Gasteiger partial charge in [0, 0.05) is 33.9 Å². The molecule has 0 radical (unpaired) electrons. The highest BCUT2D eigenvalue weighted by Crippen LogP contribution is 2.34. The van der Waals surface area contributed by atoms with Crippen molar-refractivity contribution in [3.05, 3.63) is 0 Å². The van der Waals surface area contributed by atoms with Crippen LogP contribution in [0.4, 0.5) is 4.79 Å². The monoisotopic (exact) mass is 637 g/mol. The molecule has 3 rings (SSSR count). The van der Waals surface area contributed by atoms with Crippen LogP contribution in [0.15, 0.2) is 0 Å². The molecule has 12 heteroatoms. The largest absolute Gasteiger partial charge is 0.347 e. The Morgan fingerprint density at radius 1 is 0.909 bits per heavy atom. The SMILES string of the molecule is CCC(C)(CS(=O)C(C)(C)C)NC(=O)NC(C(=O)N1CCCC1C(=O)NC(CCC1CC1)C(=O)C(=O)NC1CC1)C(C)(C)C. The minimum Gasteiger partial charge on any atom is -0.347 e. The molecule has 0 aromatic heterocycles. The van der Waals surface area contributed by atoms with Crippen molar-refractivity contribution < 1.29 is 28.2 Å². The van der Waals surface area contributed by atoms with Crippen molar-refractivity contribution in [1.29, 1.82) is 0 Å². The first-order valence-electron chi connectivity index (χ1n) is 16.3. The van der Waals surface area contributed by atoms with Gasteiger partial charge in [0.15, 0.2) is 0 Å². The second-order valence-corrected chi connectivity index (χ2v) is 17.5. The number of nitrogens with one attached hydrogen (secondary N) is 4. The molecule has 0 aromatic rings. The van der Waals surface area contributed by atoms with Gasteiger partial charge in [-0.3, -0.25) is 23.4 Å². The van der Waals surface area contributed by atoms with E-state index in [1.165, 1.54) is 4.90 Å². The number of urea groups is 1. The normalized spacial score (nSPS) is 22.3. The molecule has 5 unspecified atom stereocenters. The first kappa shape index (κ1) is 36.0. The average Bonchev–Trinajstić information content (AvgIpc) is 3.86. The van der Waals surface area contributed by atoms with Crippen LogP contribution in [-0.4, -0.2) is 85.4 Å². The van der Waals surface area contributed by atoms with Gasteiger partial charge in [0.1, 0.15) is 12.1 Å². The van der Waals surface area contributed by atoms with E-state index < -0.39 is 68.3 Å². The fourth-order valence-corrected chi connectivity index (χ4v) is 6.57. The second kappa shape index (κ2) is 14.3. The van der Waals surface area contributed by atoms with Gasteiger partial charge in [-0.25, -0.2) is 4.79 Å². The van der Waals surface area contributed by atoms with E-state index in [4.69, 9.17) is 0 Å². The summed E-state index contributed by atoms with van der Waals surface area (Å²) >= 11 is 0. The molecule has 1 heterocycles. The predicted molar refractivity (Wildman–Crippen MR) is 171 cm³/mol. The van der Waals surface area contributed by atoms with Crippen LogP contribution in [0, 0.1) is 11.3 Å². The van der Waals surface area contributed by atoms with Crippen molar-refractivity contribution in [2.24, 2.45) is 11.3 Å². The van der Waals surface area contributed by atoms with Gasteiger partial charge in [0.05, 0.1) is 11.6 Å². The number of carbonyl (C=O) groups is 5. The molecular weight excluding hydrogens is 582 g/mol. The molecule has 0 aromatic carbocycles. The summed E-state index contributed by atoms with van der Waals surface area (Å²) in [5.74, 6) is -1.35. The van der Waals surface area contributed by atoms with Crippen molar-refractivity contribution >= 4 is 40.3 Å². The van der Waals surface area contributed by atoms with E-state index in [1.807, 2.05) is 55.4 Å². The van der Waals surface area contributed by atoms with Crippen molar-refractivity contribution in [2.45, 2.75) is 148 Å². The Hall–Kier alpha value is -2.50. The summed E-state index contributed by atoms with van der Waals surface area (Å²) in [6.45, 7) is 15.3. The third kappa shape index (κ3) is 10.3. The van der Waals surface area contributed by atoms with E-state index in [9.17, 15) is 28.2 Å². The first-order chi connectivity index (χ1) is 20.3. The van der Waals surface area contributed by atoms with E-state index in [0.29, 0.717) is 38.1 Å². The maximum atomic E-state index is 14.0. The lowest BCUT2D eigenvalue weighted by Crippen LogP contribution is -2.62. The summed E-state index contributed by atoms with van der Waals surface area (Å²) in [4.78, 5) is 68.0. The van der Waals surface area contributed by atoms with Gasteiger partial charge in [0.25, 0.3) is 5.91 Å². The van der Waals surface area contributed by atoms with Crippen molar-refractivity contribution in [3.8, 4) is 0 Å². The molecular formula is C32H55N5O6S. The Kier molecular flexibility index (Phi) is 11.7. The predicted octanol–water partition coefficient (Wildman–Crippen LogP) is 2.93. The summed E-state index contributed by atoms with van der Waals surface area (Å²) in [5, 5.41) is 11.4. The van der Waals surface area contributed by atoms with Gasteiger partial charge >= 0.3 is 6.03 Å². The van der Waals surface area contributed by atoms with Crippen LogP contribution in [0.25, 0.3) is 0 Å². The Labute approximate surface area is 265 Å². The fourth-order valence-electron chi connectivity index (χ4n) is 5.28. The van der Waals surface area contributed by atoms with E-state index >= 15 is 0 Å². The van der Waals surface area contributed by atoms with Crippen LogP contribution in [0.1, 0.15) is 113 Å². The Morgan fingerprint density at radius 3 is 2.07 bits per heavy atom. The van der Waals surface area contributed by atoms with E-state index in [2.05, 4.69) is 21.3 Å². The standard InChI is InChI=1S/C32H55N5O6S/c1-9-32(8,19-44(43)31(5,6)7)36-29(42)35-25(30(2,3)4)28(41)37-18-10-11-23(37)26(39)34-22(17-14-20-12-13-20)24(38)27(40)33-21-15-16-21/h20-23,25H,9-19H2,1-8H3,(H,33,40)(H,34,39)(H2,35,36,42). The van der Waals surface area contributed by atoms with E-state index in [1.54, 1.807) is 0 Å². The van der Waals surface area contributed by atoms with E-state index in [-0.39, 0.29) is 17.7 Å². The van der Waals surface area contributed by atoms with Gasteiger partial charge in [-0.2, -0.15) is 0 Å². The van der Waals surface area contributed by atoms with Crippen LogP contribution in [0.5, 0.6) is 0 Å². The zero-order chi connectivity index (χ0) is 33.0. The minimum atomic E-state index is -1.20. The minimum absolute atomic E-state index is 0.0315. The third-order valence-corrected chi connectivity index (χ3v) is 11.2. The maximum absolute atomic E-state index is 14.0. The highest BCUT2D eigenvalue weighted by molar-refractivity contribution is 7.86. The molecule has 2 saturated carbocycles. The highest BCUT2D eigenvalue weighted by Gasteiger charge is 2.44. The molecule has 5 atom stereocenters. The van der Waals surface area contributed by atoms with Crippen LogP contribution in [0.3, 0.4) is 0 Å². The molecule has 3 fully saturated rings. The van der Waals surface area contributed by atoms with Crippen LogP contribution >= 0.6 is 0 Å². The van der Waals surface area contributed by atoms with Crippen molar-refractivity contribution in [1.82, 2.24) is 26.2 Å². The summed E-state index contributed by atoms with van der Waals surface area (Å²) in [6.07, 6.45) is 6.60. The number of ketones is 1. The molecule has 11 nitrogen and oxygen atoms in total. The van der Waals surface area contributed by atoms with Gasteiger partial charge in [0.2, 0.25) is 17.6 Å². The number of hydrogen-bond acceptors (Lipinski definition) is 6. The van der Waals surface area contributed by atoms with Gasteiger partial charge in [-0.05, 0) is 84.0 Å². The smallest absolute Gasteiger partial charge is 0.315 e. The molecule has 1 aliphatic heterocycles. The summed E-state index contributed by atoms with van der Waals surface area (Å²) in [5.41, 5.74) is -1.43. The van der Waals surface area contributed by atoms with E-state index in [0.717, 1.165) is 32.1 Å². The Bertz CT molecular complexity index is 1120. The summed E-state index contributed by atoms with van der Waals surface area (Å²) < 4.78 is 12.4. The Balaban J connectivity index is 1.70. The second-order valence-electron chi connectivity index (χ2n) is 15.3. The molecule has 5 amide bonds. The van der Waals surface area contributed by atoms with Crippen LogP contribution < -0.4 is 21.3 Å². The third-order valence-electron chi connectivity index (χ3n) is 8.89. The maximum Gasteiger partial charge on any atom is 0.315 e. The molecule has 44 heavy (non-hydrogen) atoms. The van der Waals surface area contributed by atoms with Crippen LogP contribution in [0.2, 0.25) is 0 Å². The highest BCUT2D eigenvalue weighted by atomic mass is 32.2. The average molecular weight is 638 g/mol. The lowest BCUT2D eigenvalue weighted by Gasteiger charge is -2.37. The topological polar surface area (TPSA) is 154 Å². The van der Waals surface area contributed by atoms with Gasteiger partial charge < -0.3 is 26.2 Å². The molecule has 3 aliphatic rings. The summed E-state index contributed by atoms with van der Waals surface area (Å²) in [6, 6.07) is -3.20. The molecule has 0 bridgehead atoms. The van der Waals surface area contributed by atoms with Crippen molar-refractivity contribution in [2.75, 3.05) is 12.3 Å². The lowest BCUT2D eigenvalue weighted by atomic mass is 9.85. The molecule has 2 aliphatic carbocycles. The van der Waals surface area contributed by atoms with Gasteiger partial charge in [-0.15, -0.1) is 0 Å². The molecule has 0 spiro atoms. The first-order valence-corrected chi connectivity index (χ1v) is 17.6. The number of likely N-dealkylation sites (tertiary alicyclic amines) is 1. The number of nitrogens with zero attached hydrogens (tertiary/aromatic N) is 1. The molecule has 1 saturated heterocycles. The number of amides is 5. The number of rotatable bonds is 14.